The molecule has 2 aromatic rings. The van der Waals surface area contributed by atoms with Crippen molar-refractivity contribution in [2.45, 2.75) is 399 Å². The van der Waals surface area contributed by atoms with Gasteiger partial charge in [-0.15, -0.1) is 0 Å². The highest BCUT2D eigenvalue weighted by molar-refractivity contribution is 6.01. The number of nitrogens with zero attached hydrogens (tertiary/aromatic N) is 5. The number of unbranched alkanes of at least 4 members (excludes halogenated alkanes) is 10. The molecule has 7 rings (SSSR count). The molecular formula is C102H168N18O30. The highest BCUT2D eigenvalue weighted by Crippen LogP contribution is 2.32. The number of carbonyl (C=O) groups is 14. The van der Waals surface area contributed by atoms with Crippen LogP contribution in [0, 0.1) is 23.7 Å². The molecule has 48 heteroatoms. The number of amides is 14. The first-order chi connectivity index (χ1) is 71.1. The second kappa shape index (κ2) is 62.7. The third-order valence-electron chi connectivity index (χ3n) is 29.0. The molecule has 5 aliphatic rings. The highest BCUT2D eigenvalue weighted by atomic mass is 16.3. The summed E-state index contributed by atoms with van der Waals surface area (Å²) < 4.78 is 0. The fourth-order valence-corrected chi connectivity index (χ4v) is 19.9. The molecule has 0 aliphatic carbocycles. The van der Waals surface area contributed by atoms with Gasteiger partial charge < -0.3 is 166 Å². The van der Waals surface area contributed by atoms with Gasteiger partial charge >= 0.3 is 0 Å². The van der Waals surface area contributed by atoms with Crippen molar-refractivity contribution in [1.82, 2.24) is 72.8 Å². The number of aromatic hydroxyl groups is 2. The number of aliphatic hydroxyl groups excluding tert-OH is 14. The number of primary amides is 1. The molecule has 2 aromatic carbocycles. The van der Waals surface area contributed by atoms with Crippen molar-refractivity contribution in [3.8, 4) is 11.5 Å². The van der Waals surface area contributed by atoms with Crippen molar-refractivity contribution in [3.63, 3.8) is 0 Å². The van der Waals surface area contributed by atoms with Crippen molar-refractivity contribution in [2.75, 3.05) is 52.4 Å². The van der Waals surface area contributed by atoms with Crippen LogP contribution in [0.5, 0.6) is 11.5 Å². The molecule has 14 amide bonds. The third-order valence-corrected chi connectivity index (χ3v) is 29.0. The lowest BCUT2D eigenvalue weighted by molar-refractivity contribution is -0.148. The van der Waals surface area contributed by atoms with E-state index in [1.54, 1.807) is 0 Å². The molecule has 5 heterocycles. The Morgan fingerprint density at radius 2 is 1.02 bits per heavy atom. The van der Waals surface area contributed by atoms with Gasteiger partial charge in [-0.3, -0.25) is 77.4 Å². The first kappa shape index (κ1) is 127. The first-order valence-electron chi connectivity index (χ1n) is 53.0. The van der Waals surface area contributed by atoms with E-state index in [4.69, 9.17) is 17.2 Å². The standard InChI is InChI=1S/C102H168N18O30/c1-9-54(3)45-56(5)23-19-15-11-13-17-21-25-76(133)108-67(92(140)110-78(58(7)121)99(147)119-52-65(126)48-69(119)94(142)114-82(88(137)86(135)60-27-31-62(123)32-28-60)96(144)112-80(71(128)35-39-103)101(149)117-43-37-73(130)84(117)90(105)139)47-64(125)51-106-41-42-107-91-75(132)50-68(109-77(134)26-22-18-14-12-16-20-24-57(6)46-55(4)10-2)93(141)111-79(59(8)122)100(148)120-53-66(127)49-70(120)95(143)115-83(89(138)87(136)61-29-33-63(124)34-30-61)97(145)113-81(72(129)36-40-104)102(150)118-44-38-74(131)85(118)98(146)116-91/h27-34,51,54-59,64-75,78-89,91,107,121-132,135-138H,9-26,35-50,52-53,103-104H2,1-8H3,(H2,105,139)(H,108,133)(H,109,134)(H,110,140)(H,111,141)(H,112,144)(H,113,145)(H,114,142)(H,115,143)(H,116,146)/t54-,55-,56+,57+,58+,59+,64-,65+,66+,67-,68-,69-,70-,71+,72+,73-,74-,75+,78-,79-,80-,81-,82-,83-,84-,85-,86-,87-,88-,89-,91-/m0/s1. The van der Waals surface area contributed by atoms with Crippen LogP contribution in [-0.2, 0) is 67.1 Å². The summed E-state index contributed by atoms with van der Waals surface area (Å²) in [6.45, 7) is 11.6. The number of aliphatic imine (C=N–C) groups is 1. The van der Waals surface area contributed by atoms with Gasteiger partial charge in [-0.2, -0.15) is 0 Å². The Balaban J connectivity index is 1.21. The molecule has 846 valence electrons. The molecule has 0 unspecified atom stereocenters. The smallest absolute Gasteiger partial charge is 0.248 e. The number of carbonyl (C=O) groups excluding carboxylic acids is 14. The number of benzene rings is 2. The van der Waals surface area contributed by atoms with Crippen LogP contribution < -0.4 is 70.4 Å². The summed E-state index contributed by atoms with van der Waals surface area (Å²) in [6.07, 6.45) is -17.2. The maximum atomic E-state index is 15.2. The second-order valence-electron chi connectivity index (χ2n) is 41.5. The average Bonchev–Trinajstić information content (AvgIpc) is 1.64. The monoisotopic (exact) mass is 2130 g/mol. The number of aliphatic hydroxyl groups is 14. The van der Waals surface area contributed by atoms with Crippen LogP contribution in [0.4, 0.5) is 0 Å². The highest BCUT2D eigenvalue weighted by Gasteiger charge is 2.53. The zero-order valence-electron chi connectivity index (χ0n) is 87.4. The molecule has 0 bridgehead atoms. The maximum absolute atomic E-state index is 15.2. The Morgan fingerprint density at radius 1 is 0.500 bits per heavy atom. The van der Waals surface area contributed by atoms with E-state index in [0.717, 1.165) is 173 Å². The fourth-order valence-electron chi connectivity index (χ4n) is 19.9. The molecular weight excluding hydrogens is 1960 g/mol. The second-order valence-corrected chi connectivity index (χ2v) is 41.5. The van der Waals surface area contributed by atoms with Gasteiger partial charge in [0.25, 0.3) is 0 Å². The maximum Gasteiger partial charge on any atom is 0.248 e. The Morgan fingerprint density at radius 3 is 1.58 bits per heavy atom. The van der Waals surface area contributed by atoms with Crippen molar-refractivity contribution >= 4 is 88.9 Å². The van der Waals surface area contributed by atoms with Crippen molar-refractivity contribution in [3.05, 3.63) is 59.7 Å². The Labute approximate surface area is 875 Å². The van der Waals surface area contributed by atoms with E-state index in [1.165, 1.54) is 0 Å². The van der Waals surface area contributed by atoms with E-state index in [1.807, 2.05) is 0 Å². The van der Waals surface area contributed by atoms with Gasteiger partial charge in [-0.25, -0.2) is 0 Å². The predicted molar refractivity (Wildman–Crippen MR) is 545 cm³/mol. The normalized spacial score (nSPS) is 25.8. The molecule has 31 atom stereocenters. The van der Waals surface area contributed by atoms with E-state index < -0.39 is 318 Å². The van der Waals surface area contributed by atoms with E-state index >= 15 is 28.8 Å². The SMILES string of the molecule is CC[C@H](C)C[C@H](C)CCCCCCCCC(=O)N[C@@H](C[C@H](O)C=NCCN[C@H]1NC(=O)[C@@H]2[C@@H](O)CCN2C(=O)[C@H]([C@H](O)CCN)NC(=O)[C@H]([C@H](O)[C@@H](O)c2ccc(O)cc2)NC(=O)[C@@H]2C[C@@H](O)CN2C(=O)[C@H]([C@@H](C)O)NC(=O)[C@@H](NC(=O)CCCCCCCC[C@@H](C)C[C@@H](C)CC)C[C@H]1O)C(=O)N[C@H](C(=O)N1C[C@H](O)C[C@H]1C(=O)N[C@H](C(=O)N[C@H](C(=O)N1CC[C@H](O)[C@H]1C(N)=O)[C@H](O)CCN)[C@H](O)[C@@H](O)c1ccc(O)cc1)[C@@H](C)O. The summed E-state index contributed by atoms with van der Waals surface area (Å²) in [5.74, 6) is -15.3. The molecule has 32 N–H and O–H groups in total. The van der Waals surface area contributed by atoms with Gasteiger partial charge in [0, 0.05) is 77.5 Å². The lowest BCUT2D eigenvalue weighted by Gasteiger charge is -2.35. The lowest BCUT2D eigenvalue weighted by Crippen LogP contribution is -2.65. The molecule has 150 heavy (non-hydrogen) atoms. The zero-order chi connectivity index (χ0) is 111. The van der Waals surface area contributed by atoms with Gasteiger partial charge in [0.1, 0.15) is 115 Å². The minimum Gasteiger partial charge on any atom is -0.508 e. The molecule has 5 aliphatic heterocycles. The topological polar surface area (TPSA) is 786 Å². The number of β-amino-alcohol motifs (C(OH)–C–C–N with tert-alkyl or cyclic N) is 1. The molecule has 0 radical (unpaired) electrons. The Kier molecular flexibility index (Phi) is 52.9. The number of phenols is 2. The minimum absolute atomic E-state index is 0.145. The first-order valence-corrected chi connectivity index (χ1v) is 53.0. The van der Waals surface area contributed by atoms with E-state index in [2.05, 4.69) is 99.7 Å². The summed E-state index contributed by atoms with van der Waals surface area (Å²) in [6, 6.07) is -15.2. The van der Waals surface area contributed by atoms with Crippen LogP contribution in [0.3, 0.4) is 0 Å². The number of phenolic OH excluding ortho intramolecular Hbond substituents is 2. The van der Waals surface area contributed by atoms with Crippen LogP contribution in [-0.4, -0.2) is 394 Å². The van der Waals surface area contributed by atoms with Crippen LogP contribution in [0.25, 0.3) is 0 Å². The summed E-state index contributed by atoms with van der Waals surface area (Å²) in [5, 5.41) is 208. The predicted octanol–water partition coefficient (Wildman–Crippen LogP) is -5.02. The number of likely N-dealkylation sites (tertiary alicyclic amines) is 2. The largest absolute Gasteiger partial charge is 0.508 e. The number of nitrogens with two attached hydrogens (primary N) is 3. The van der Waals surface area contributed by atoms with Crippen molar-refractivity contribution in [1.29, 1.82) is 0 Å². The minimum atomic E-state index is -2.42. The number of hydrogen-bond acceptors (Lipinski definition) is 34. The average molecular weight is 2130 g/mol. The molecule has 0 saturated carbocycles. The molecule has 48 nitrogen and oxygen atoms in total. The van der Waals surface area contributed by atoms with Crippen molar-refractivity contribution in [2.24, 2.45) is 45.9 Å². The van der Waals surface area contributed by atoms with Crippen LogP contribution in [0.2, 0.25) is 0 Å². The van der Waals surface area contributed by atoms with E-state index in [9.17, 15) is 120 Å². The van der Waals surface area contributed by atoms with Gasteiger partial charge in [0.05, 0.1) is 67.6 Å². The summed E-state index contributed by atoms with van der Waals surface area (Å²) in [7, 11) is 0. The van der Waals surface area contributed by atoms with E-state index in [0.29, 0.717) is 54.3 Å². The van der Waals surface area contributed by atoms with Gasteiger partial charge in [-0.1, -0.05) is 156 Å². The number of nitrogens with one attached hydrogen (secondary N) is 10. The number of fused-ring (bicyclic) bond motifs is 2. The Hall–Kier alpha value is -10.4. The fraction of sp³-hybridized carbons (Fsp3) is 0.735. The number of hydrogen-bond donors (Lipinski definition) is 29. The number of rotatable bonds is 56. The molecule has 0 spiro atoms. The van der Waals surface area contributed by atoms with Crippen LogP contribution >= 0.6 is 0 Å². The van der Waals surface area contributed by atoms with E-state index in [-0.39, 0.29) is 67.9 Å². The zero-order valence-corrected chi connectivity index (χ0v) is 87.4. The Bertz CT molecular complexity index is 4670. The van der Waals surface area contributed by atoms with Gasteiger partial charge in [0.2, 0.25) is 82.7 Å². The third kappa shape index (κ3) is 38.1. The van der Waals surface area contributed by atoms with Crippen LogP contribution in [0.1, 0.15) is 259 Å². The van der Waals surface area contributed by atoms with Crippen LogP contribution in [0.15, 0.2) is 53.5 Å². The summed E-state index contributed by atoms with van der Waals surface area (Å²) >= 11 is 0. The molecule has 0 aromatic heterocycles. The summed E-state index contributed by atoms with van der Waals surface area (Å²) in [5.41, 5.74) is 16.9. The lowest BCUT2D eigenvalue weighted by atomic mass is 9.91. The molecule has 5 fully saturated rings. The molecule has 5 saturated heterocycles. The van der Waals surface area contributed by atoms with Gasteiger partial charge in [0.15, 0.2) is 0 Å². The summed E-state index contributed by atoms with van der Waals surface area (Å²) in [4.78, 5) is 213. The van der Waals surface area contributed by atoms with Crippen molar-refractivity contribution < 1.29 is 149 Å². The quantitative estimate of drug-likeness (QED) is 0.0218. The van der Waals surface area contributed by atoms with Gasteiger partial charge in [-0.05, 0) is 137 Å².